The number of anilines is 1. The Hall–Kier alpha value is -1.07. The summed E-state index contributed by atoms with van der Waals surface area (Å²) in [6, 6.07) is 5.99. The van der Waals surface area contributed by atoms with Crippen LogP contribution in [-0.4, -0.2) is 37.5 Å². The van der Waals surface area contributed by atoms with Crippen molar-refractivity contribution in [3.63, 3.8) is 0 Å². The number of hydrogen-bond acceptors (Lipinski definition) is 3. The van der Waals surface area contributed by atoms with Gasteiger partial charge < -0.3 is 16.0 Å². The zero-order valence-electron chi connectivity index (χ0n) is 11.0. The Kier molecular flexibility index (Phi) is 5.62. The second-order valence-corrected chi connectivity index (χ2v) is 5.41. The minimum Gasteiger partial charge on any atom is -0.380 e. The lowest BCUT2D eigenvalue weighted by molar-refractivity contribution is -0.128. The number of aryl methyl sites for hydroxylation is 1. The first kappa shape index (κ1) is 15.0. The van der Waals surface area contributed by atoms with Gasteiger partial charge in [0.05, 0.1) is 0 Å². The Morgan fingerprint density at radius 1 is 1.50 bits per heavy atom. The van der Waals surface area contributed by atoms with Gasteiger partial charge in [0.1, 0.15) is 0 Å². The third-order valence-electron chi connectivity index (χ3n) is 2.69. The third kappa shape index (κ3) is 4.31. The molecule has 0 bridgehead atoms. The number of rotatable bonds is 5. The van der Waals surface area contributed by atoms with Gasteiger partial charge in [-0.2, -0.15) is 0 Å². The average Bonchev–Trinajstić information content (AvgIpc) is 2.32. The van der Waals surface area contributed by atoms with Crippen LogP contribution in [0.3, 0.4) is 0 Å². The first-order valence-corrected chi connectivity index (χ1v) is 6.66. The molecule has 0 aliphatic carbocycles. The highest BCUT2D eigenvalue weighted by atomic mass is 79.9. The van der Waals surface area contributed by atoms with Crippen molar-refractivity contribution in [1.29, 1.82) is 0 Å². The Morgan fingerprint density at radius 2 is 2.17 bits per heavy atom. The van der Waals surface area contributed by atoms with Gasteiger partial charge in [0.15, 0.2) is 0 Å². The van der Waals surface area contributed by atoms with Gasteiger partial charge in [0.25, 0.3) is 0 Å². The maximum Gasteiger partial charge on any atom is 0.224 e. The summed E-state index contributed by atoms with van der Waals surface area (Å²) < 4.78 is 0.976. The number of halogens is 1. The molecule has 1 aromatic rings. The van der Waals surface area contributed by atoms with E-state index in [1.54, 1.807) is 19.0 Å². The van der Waals surface area contributed by atoms with Crippen LogP contribution in [0.25, 0.3) is 0 Å². The first-order chi connectivity index (χ1) is 8.43. The highest BCUT2D eigenvalue weighted by Gasteiger charge is 2.14. The van der Waals surface area contributed by atoms with Gasteiger partial charge in [-0.1, -0.05) is 6.07 Å². The van der Waals surface area contributed by atoms with Crippen molar-refractivity contribution in [3.8, 4) is 0 Å². The summed E-state index contributed by atoms with van der Waals surface area (Å²) in [5.41, 5.74) is 7.84. The van der Waals surface area contributed by atoms with Crippen LogP contribution in [0, 0.1) is 6.92 Å². The largest absolute Gasteiger partial charge is 0.380 e. The van der Waals surface area contributed by atoms with Gasteiger partial charge in [-0.25, -0.2) is 0 Å². The number of nitrogens with one attached hydrogen (secondary N) is 1. The number of hydrogen-bond donors (Lipinski definition) is 2. The van der Waals surface area contributed by atoms with Gasteiger partial charge >= 0.3 is 0 Å². The van der Waals surface area contributed by atoms with Crippen molar-refractivity contribution in [2.45, 2.75) is 19.4 Å². The lowest BCUT2D eigenvalue weighted by Gasteiger charge is -2.21. The average molecular weight is 314 g/mol. The van der Waals surface area contributed by atoms with Crippen LogP contribution in [0.2, 0.25) is 0 Å². The SMILES string of the molecule is Cc1ccc(Br)c(NC(CN)CC(=O)N(C)C)c1. The summed E-state index contributed by atoms with van der Waals surface area (Å²) in [4.78, 5) is 13.3. The van der Waals surface area contributed by atoms with Crippen LogP contribution >= 0.6 is 15.9 Å². The van der Waals surface area contributed by atoms with Crippen molar-refractivity contribution in [1.82, 2.24) is 4.90 Å². The molecule has 5 heteroatoms. The molecule has 1 amide bonds. The van der Waals surface area contributed by atoms with Crippen molar-refractivity contribution in [3.05, 3.63) is 28.2 Å². The maximum atomic E-state index is 11.7. The number of nitrogens with two attached hydrogens (primary N) is 1. The van der Waals surface area contributed by atoms with Crippen LogP contribution in [-0.2, 0) is 4.79 Å². The van der Waals surface area contributed by atoms with E-state index in [0.29, 0.717) is 13.0 Å². The molecule has 1 rings (SSSR count). The molecule has 0 saturated heterocycles. The van der Waals surface area contributed by atoms with E-state index in [0.717, 1.165) is 15.7 Å². The zero-order valence-corrected chi connectivity index (χ0v) is 12.6. The van der Waals surface area contributed by atoms with Gasteiger partial charge in [-0.15, -0.1) is 0 Å². The van der Waals surface area contributed by atoms with E-state index in [2.05, 4.69) is 21.2 Å². The van der Waals surface area contributed by atoms with Gasteiger partial charge in [0.2, 0.25) is 5.91 Å². The molecule has 0 saturated carbocycles. The first-order valence-electron chi connectivity index (χ1n) is 5.87. The van der Waals surface area contributed by atoms with E-state index >= 15 is 0 Å². The molecule has 0 heterocycles. The quantitative estimate of drug-likeness (QED) is 0.874. The number of carbonyl (C=O) groups is 1. The molecule has 0 fully saturated rings. The molecule has 0 aromatic heterocycles. The van der Waals surface area contributed by atoms with Gasteiger partial charge in [-0.3, -0.25) is 4.79 Å². The summed E-state index contributed by atoms with van der Waals surface area (Å²) >= 11 is 3.48. The van der Waals surface area contributed by atoms with Gasteiger partial charge in [0, 0.05) is 43.3 Å². The Bertz CT molecular complexity index is 421. The molecule has 1 aromatic carbocycles. The molecular formula is C13H20BrN3O. The molecule has 1 unspecified atom stereocenters. The molecule has 18 heavy (non-hydrogen) atoms. The Morgan fingerprint density at radius 3 is 2.72 bits per heavy atom. The fourth-order valence-corrected chi connectivity index (χ4v) is 1.92. The highest BCUT2D eigenvalue weighted by molar-refractivity contribution is 9.10. The molecule has 0 spiro atoms. The van der Waals surface area contributed by atoms with Crippen LogP contribution in [0.1, 0.15) is 12.0 Å². The van der Waals surface area contributed by atoms with E-state index in [9.17, 15) is 4.79 Å². The van der Waals surface area contributed by atoms with Crippen molar-refractivity contribution < 1.29 is 4.79 Å². The van der Waals surface area contributed by atoms with E-state index in [4.69, 9.17) is 5.73 Å². The summed E-state index contributed by atoms with van der Waals surface area (Å²) in [5, 5.41) is 3.30. The minimum absolute atomic E-state index is 0.0574. The number of benzene rings is 1. The van der Waals surface area contributed by atoms with E-state index in [1.807, 2.05) is 25.1 Å². The van der Waals surface area contributed by atoms with E-state index in [1.165, 1.54) is 0 Å². The van der Waals surface area contributed by atoms with Crippen molar-refractivity contribution in [2.24, 2.45) is 5.73 Å². The van der Waals surface area contributed by atoms with Crippen LogP contribution < -0.4 is 11.1 Å². The monoisotopic (exact) mass is 313 g/mol. The smallest absolute Gasteiger partial charge is 0.224 e. The summed E-state index contributed by atoms with van der Waals surface area (Å²) in [5.74, 6) is 0.0710. The van der Waals surface area contributed by atoms with Gasteiger partial charge in [-0.05, 0) is 40.5 Å². The molecule has 0 aliphatic rings. The summed E-state index contributed by atoms with van der Waals surface area (Å²) in [7, 11) is 3.50. The molecule has 4 nitrogen and oxygen atoms in total. The molecule has 100 valence electrons. The van der Waals surface area contributed by atoms with Crippen molar-refractivity contribution in [2.75, 3.05) is 26.0 Å². The molecule has 1 atom stereocenters. The van der Waals surface area contributed by atoms with Crippen molar-refractivity contribution >= 4 is 27.5 Å². The normalized spacial score (nSPS) is 12.1. The summed E-state index contributed by atoms with van der Waals surface area (Å²) in [6.07, 6.45) is 0.393. The fourth-order valence-electron chi connectivity index (χ4n) is 1.56. The number of carbonyl (C=O) groups excluding carboxylic acids is 1. The molecule has 3 N–H and O–H groups in total. The van der Waals surface area contributed by atoms with Crippen LogP contribution in [0.15, 0.2) is 22.7 Å². The standard InChI is InChI=1S/C13H20BrN3O/c1-9-4-5-11(14)12(6-9)16-10(8-15)7-13(18)17(2)3/h4-6,10,16H,7-8,15H2,1-3H3. The Labute approximate surface area is 117 Å². The lowest BCUT2D eigenvalue weighted by Crippen LogP contribution is -2.35. The second kappa shape index (κ2) is 6.75. The second-order valence-electron chi connectivity index (χ2n) is 4.55. The number of nitrogens with zero attached hydrogens (tertiary/aromatic N) is 1. The third-order valence-corrected chi connectivity index (χ3v) is 3.38. The minimum atomic E-state index is -0.0574. The van der Waals surface area contributed by atoms with Crippen LogP contribution in [0.5, 0.6) is 0 Å². The molecular weight excluding hydrogens is 294 g/mol. The predicted octanol–water partition coefficient (Wildman–Crippen LogP) is 1.98. The lowest BCUT2D eigenvalue weighted by atomic mass is 10.1. The Balaban J connectivity index is 2.73. The summed E-state index contributed by atoms with van der Waals surface area (Å²) in [6.45, 7) is 2.44. The molecule has 0 aliphatic heterocycles. The zero-order chi connectivity index (χ0) is 13.7. The fraction of sp³-hybridized carbons (Fsp3) is 0.462. The maximum absolute atomic E-state index is 11.7. The van der Waals surface area contributed by atoms with Crippen LogP contribution in [0.4, 0.5) is 5.69 Å². The van der Waals surface area contributed by atoms with E-state index in [-0.39, 0.29) is 11.9 Å². The highest BCUT2D eigenvalue weighted by Crippen LogP contribution is 2.24. The number of amides is 1. The topological polar surface area (TPSA) is 58.4 Å². The molecule has 0 radical (unpaired) electrons. The van der Waals surface area contributed by atoms with E-state index < -0.39 is 0 Å². The predicted molar refractivity (Wildman–Crippen MR) is 78.7 cm³/mol.